The van der Waals surface area contributed by atoms with Crippen LogP contribution in [0, 0.1) is 0 Å². The van der Waals surface area contributed by atoms with Crippen molar-refractivity contribution in [2.75, 3.05) is 0 Å². The van der Waals surface area contributed by atoms with Crippen LogP contribution in [0.5, 0.6) is 0 Å². The van der Waals surface area contributed by atoms with Gasteiger partial charge in [0, 0.05) is 11.1 Å². The molecule has 4 nitrogen and oxygen atoms in total. The third-order valence-electron chi connectivity index (χ3n) is 3.72. The first-order chi connectivity index (χ1) is 9.34. The lowest BCUT2D eigenvalue weighted by atomic mass is 9.80. The molecule has 0 saturated heterocycles. The number of nitrogens with zero attached hydrogens (tertiary/aromatic N) is 1. The van der Waals surface area contributed by atoms with Gasteiger partial charge in [-0.15, -0.1) is 12.6 Å². The van der Waals surface area contributed by atoms with Gasteiger partial charge in [0.15, 0.2) is 0 Å². The fourth-order valence-corrected chi connectivity index (χ4v) is 2.51. The van der Waals surface area contributed by atoms with Gasteiger partial charge in [-0.3, -0.25) is 4.99 Å². The summed E-state index contributed by atoms with van der Waals surface area (Å²) in [7, 11) is -3.11. The summed E-state index contributed by atoms with van der Waals surface area (Å²) in [4.78, 5) is 4.67. The molecule has 0 amide bonds. The molecule has 2 aromatic carbocycles. The van der Waals surface area contributed by atoms with E-state index in [2.05, 4.69) is 62.2 Å². The van der Waals surface area contributed by atoms with Crippen LogP contribution in [0.25, 0.3) is 10.8 Å². The second-order valence-electron chi connectivity index (χ2n) is 5.21. The first kappa shape index (κ1) is 14.4. The molecule has 1 heterocycles. The molecule has 3 rings (SSSR count). The van der Waals surface area contributed by atoms with Crippen molar-refractivity contribution in [1.29, 1.82) is 0 Å². The lowest BCUT2D eigenvalue weighted by molar-refractivity contribution is 0.559. The molecule has 0 N–H and O–H groups in total. The minimum Gasteiger partial charge on any atom is -0.257 e. The SMILES string of the molecule is CC1=Nc2ccc3ccccc3c2C1(C)C.O=S(=O)=O. The highest BCUT2D eigenvalue weighted by molar-refractivity contribution is 7.59. The van der Waals surface area contributed by atoms with Gasteiger partial charge in [0.25, 0.3) is 0 Å². The first-order valence-electron chi connectivity index (χ1n) is 6.19. The van der Waals surface area contributed by atoms with Crippen LogP contribution in [-0.4, -0.2) is 18.3 Å². The molecule has 0 unspecified atom stereocenters. The molecule has 0 atom stereocenters. The van der Waals surface area contributed by atoms with Crippen LogP contribution in [0.2, 0.25) is 0 Å². The van der Waals surface area contributed by atoms with Crippen molar-refractivity contribution in [3.8, 4) is 0 Å². The Morgan fingerprint density at radius 1 is 1.00 bits per heavy atom. The quantitative estimate of drug-likeness (QED) is 0.748. The van der Waals surface area contributed by atoms with E-state index in [-0.39, 0.29) is 5.41 Å². The third-order valence-corrected chi connectivity index (χ3v) is 3.72. The molecule has 0 bridgehead atoms. The first-order valence-corrected chi connectivity index (χ1v) is 7.19. The number of hydrogen-bond acceptors (Lipinski definition) is 4. The van der Waals surface area contributed by atoms with Crippen LogP contribution >= 0.6 is 0 Å². The van der Waals surface area contributed by atoms with E-state index in [1.54, 1.807) is 0 Å². The minimum atomic E-state index is -3.11. The van der Waals surface area contributed by atoms with Crippen LogP contribution in [0.3, 0.4) is 0 Å². The van der Waals surface area contributed by atoms with E-state index in [9.17, 15) is 0 Å². The lowest BCUT2D eigenvalue weighted by Gasteiger charge is -2.21. The summed E-state index contributed by atoms with van der Waals surface area (Å²) in [6, 6.07) is 12.8. The Bertz CT molecular complexity index is 798. The Morgan fingerprint density at radius 2 is 1.60 bits per heavy atom. The summed E-state index contributed by atoms with van der Waals surface area (Å²) in [6.45, 7) is 6.63. The monoisotopic (exact) mass is 289 g/mol. The molecule has 1 aliphatic rings. The van der Waals surface area contributed by atoms with Crippen molar-refractivity contribution in [3.63, 3.8) is 0 Å². The number of fused-ring (bicyclic) bond motifs is 3. The van der Waals surface area contributed by atoms with E-state index in [0.717, 1.165) is 5.69 Å². The normalized spacial score (nSPS) is 15.1. The predicted molar refractivity (Wildman–Crippen MR) is 79.4 cm³/mol. The molecular weight excluding hydrogens is 274 g/mol. The molecule has 5 heteroatoms. The maximum Gasteiger partial charge on any atom is 0.425 e. The van der Waals surface area contributed by atoms with Gasteiger partial charge in [-0.25, -0.2) is 0 Å². The molecule has 0 aliphatic carbocycles. The summed E-state index contributed by atoms with van der Waals surface area (Å²) in [5, 5.41) is 2.64. The van der Waals surface area contributed by atoms with Gasteiger partial charge in [-0.05, 0) is 29.3 Å². The van der Waals surface area contributed by atoms with Crippen LogP contribution in [0.1, 0.15) is 26.3 Å². The van der Waals surface area contributed by atoms with Crippen molar-refractivity contribution in [2.45, 2.75) is 26.2 Å². The molecular formula is C15H15NO3S. The highest BCUT2D eigenvalue weighted by Crippen LogP contribution is 2.43. The van der Waals surface area contributed by atoms with Gasteiger partial charge in [0.05, 0.1) is 5.69 Å². The second kappa shape index (κ2) is 5.17. The van der Waals surface area contributed by atoms with Gasteiger partial charge in [0.1, 0.15) is 0 Å². The van der Waals surface area contributed by atoms with Crippen molar-refractivity contribution >= 4 is 32.8 Å². The Balaban J connectivity index is 0.000000328. The number of hydrogen-bond donors (Lipinski definition) is 0. The van der Waals surface area contributed by atoms with Gasteiger partial charge in [-0.1, -0.05) is 44.2 Å². The smallest absolute Gasteiger partial charge is 0.257 e. The summed E-state index contributed by atoms with van der Waals surface area (Å²) >= 11 is 0. The molecule has 1 aliphatic heterocycles. The van der Waals surface area contributed by atoms with Crippen LogP contribution in [0.15, 0.2) is 41.4 Å². The van der Waals surface area contributed by atoms with Crippen molar-refractivity contribution in [2.24, 2.45) is 4.99 Å². The van der Waals surface area contributed by atoms with Crippen molar-refractivity contribution in [1.82, 2.24) is 0 Å². The zero-order valence-corrected chi connectivity index (χ0v) is 12.4. The highest BCUT2D eigenvalue weighted by Gasteiger charge is 2.33. The molecule has 0 spiro atoms. The average molecular weight is 289 g/mol. The minimum absolute atomic E-state index is 0.0657. The second-order valence-corrected chi connectivity index (χ2v) is 5.62. The number of rotatable bonds is 0. The van der Waals surface area contributed by atoms with E-state index in [1.165, 1.54) is 22.0 Å². The van der Waals surface area contributed by atoms with E-state index < -0.39 is 10.6 Å². The maximum absolute atomic E-state index is 8.44. The average Bonchev–Trinajstić information content (AvgIpc) is 2.60. The molecule has 0 radical (unpaired) electrons. The van der Waals surface area contributed by atoms with E-state index in [1.807, 2.05) is 0 Å². The fourth-order valence-electron chi connectivity index (χ4n) is 2.51. The zero-order chi connectivity index (χ0) is 14.9. The largest absolute Gasteiger partial charge is 0.425 e. The van der Waals surface area contributed by atoms with Gasteiger partial charge in [-0.2, -0.15) is 0 Å². The van der Waals surface area contributed by atoms with Crippen molar-refractivity contribution < 1.29 is 12.6 Å². The zero-order valence-electron chi connectivity index (χ0n) is 11.5. The summed E-state index contributed by atoms with van der Waals surface area (Å²) in [6.07, 6.45) is 0. The molecule has 104 valence electrons. The van der Waals surface area contributed by atoms with Crippen LogP contribution in [-0.2, 0) is 16.0 Å². The molecule has 2 aromatic rings. The fraction of sp³-hybridized carbons (Fsp3) is 0.267. The van der Waals surface area contributed by atoms with Crippen LogP contribution < -0.4 is 0 Å². The van der Waals surface area contributed by atoms with E-state index in [4.69, 9.17) is 12.6 Å². The highest BCUT2D eigenvalue weighted by atomic mass is 32.2. The number of aliphatic imine (C=N–C) groups is 1. The summed E-state index contributed by atoms with van der Waals surface area (Å²) < 4.78 is 25.3. The Kier molecular flexibility index (Phi) is 3.72. The summed E-state index contributed by atoms with van der Waals surface area (Å²) in [5.74, 6) is 0. The predicted octanol–water partition coefficient (Wildman–Crippen LogP) is 3.22. The Morgan fingerprint density at radius 3 is 2.25 bits per heavy atom. The number of benzene rings is 2. The maximum atomic E-state index is 8.44. The van der Waals surface area contributed by atoms with Gasteiger partial charge < -0.3 is 0 Å². The van der Waals surface area contributed by atoms with E-state index >= 15 is 0 Å². The Labute approximate surface area is 119 Å². The topological polar surface area (TPSA) is 63.6 Å². The molecule has 20 heavy (non-hydrogen) atoms. The summed E-state index contributed by atoms with van der Waals surface area (Å²) in [5.41, 5.74) is 3.79. The van der Waals surface area contributed by atoms with Crippen LogP contribution in [0.4, 0.5) is 5.69 Å². The van der Waals surface area contributed by atoms with Gasteiger partial charge in [0.2, 0.25) is 0 Å². The molecule has 0 aromatic heterocycles. The van der Waals surface area contributed by atoms with Crippen molar-refractivity contribution in [3.05, 3.63) is 42.0 Å². The van der Waals surface area contributed by atoms with E-state index in [0.29, 0.717) is 0 Å². The Hall–Kier alpha value is -2.01. The molecule has 0 fully saturated rings. The molecule has 0 saturated carbocycles. The standard InChI is InChI=1S/C15H15N.O3S/c1-10-15(2,3)14-12-7-5-4-6-11(12)8-9-13(14)16-10;1-4(2)3/h4-9H,1-3H3;. The lowest BCUT2D eigenvalue weighted by Crippen LogP contribution is -2.22. The van der Waals surface area contributed by atoms with Gasteiger partial charge >= 0.3 is 10.6 Å². The third kappa shape index (κ3) is 2.49.